The molecule has 134 valence electrons. The molecule has 10 N–H and O–H groups in total. The molecule has 0 aromatic heterocycles. The monoisotopic (exact) mass is 332 g/mol. The highest BCUT2D eigenvalue weighted by Crippen LogP contribution is 2.00. The first kappa shape index (κ1) is 23.5. The summed E-state index contributed by atoms with van der Waals surface area (Å²) in [6, 6.07) is 0. The zero-order chi connectivity index (χ0) is 17.9. The molecular weight excluding hydrogens is 308 g/mol. The molecule has 11 nitrogen and oxygen atoms in total. The van der Waals surface area contributed by atoms with Crippen LogP contribution in [0.5, 0.6) is 0 Å². The predicted octanol–water partition coefficient (Wildman–Crippen LogP) is -6.32. The zero-order valence-electron chi connectivity index (χ0n) is 11.7. The minimum Gasteiger partial charge on any atom is -0.394 e. The number of rotatable bonds is 9. The van der Waals surface area contributed by atoms with E-state index in [2.05, 4.69) is 0 Å². The molecule has 0 saturated carbocycles. The Morgan fingerprint density at radius 1 is 0.636 bits per heavy atom. The molecule has 1 unspecified atom stereocenters. The topological polar surface area (TPSA) is 219 Å². The summed E-state index contributed by atoms with van der Waals surface area (Å²) in [5.74, 6) is -1.00. The van der Waals surface area contributed by atoms with E-state index < -0.39 is 68.8 Å². The van der Waals surface area contributed by atoms with Gasteiger partial charge in [-0.1, -0.05) is 0 Å². The van der Waals surface area contributed by atoms with Gasteiger partial charge in [-0.3, -0.25) is 4.79 Å². The number of aliphatic hydroxyl groups is 10. The van der Waals surface area contributed by atoms with E-state index >= 15 is 0 Å². The van der Waals surface area contributed by atoms with E-state index in [0.717, 1.165) is 0 Å². The van der Waals surface area contributed by atoms with Gasteiger partial charge in [0.2, 0.25) is 0 Å². The summed E-state index contributed by atoms with van der Waals surface area (Å²) < 4.78 is 0. The van der Waals surface area contributed by atoms with Crippen LogP contribution in [-0.2, 0) is 4.79 Å². The second kappa shape index (κ2) is 12.8. The molecule has 0 radical (unpaired) electrons. The fourth-order valence-corrected chi connectivity index (χ4v) is 1.07. The lowest BCUT2D eigenvalue weighted by atomic mass is 10.1. The van der Waals surface area contributed by atoms with Crippen LogP contribution in [0.15, 0.2) is 0 Å². The summed E-state index contributed by atoms with van der Waals surface area (Å²) in [5.41, 5.74) is 0. The van der Waals surface area contributed by atoms with E-state index in [1.807, 2.05) is 0 Å². The van der Waals surface area contributed by atoms with E-state index in [4.69, 9.17) is 51.1 Å². The van der Waals surface area contributed by atoms with Gasteiger partial charge in [0.25, 0.3) is 0 Å². The molecular formula is C11H24O11. The minimum atomic E-state index is -1.86. The summed E-state index contributed by atoms with van der Waals surface area (Å²) in [6.07, 6.45) is -9.51. The maximum atomic E-state index is 10.5. The lowest BCUT2D eigenvalue weighted by molar-refractivity contribution is -0.142. The molecule has 0 aliphatic carbocycles. The van der Waals surface area contributed by atoms with Crippen LogP contribution in [0, 0.1) is 0 Å². The van der Waals surface area contributed by atoms with Crippen molar-refractivity contribution in [2.45, 2.75) is 36.6 Å². The number of Topliss-reactive ketones (excluding diaryl/α,β-unsaturated/α-hetero) is 1. The van der Waals surface area contributed by atoms with Gasteiger partial charge in [-0.2, -0.15) is 0 Å². The molecule has 0 fully saturated rings. The van der Waals surface area contributed by atoms with E-state index in [9.17, 15) is 4.79 Å². The van der Waals surface area contributed by atoms with Gasteiger partial charge in [-0.15, -0.1) is 0 Å². The lowest BCUT2D eigenvalue weighted by Crippen LogP contribution is -2.44. The highest BCUT2D eigenvalue weighted by atomic mass is 16.4. The van der Waals surface area contributed by atoms with Crippen LogP contribution < -0.4 is 0 Å². The van der Waals surface area contributed by atoms with Gasteiger partial charge in [0.1, 0.15) is 43.2 Å². The summed E-state index contributed by atoms with van der Waals surface area (Å²) >= 11 is 0. The van der Waals surface area contributed by atoms with E-state index in [1.54, 1.807) is 0 Å². The molecule has 0 amide bonds. The van der Waals surface area contributed by atoms with Crippen molar-refractivity contribution in [1.82, 2.24) is 0 Å². The Labute approximate surface area is 125 Å². The summed E-state index contributed by atoms with van der Waals surface area (Å²) in [7, 11) is 0. The van der Waals surface area contributed by atoms with Crippen LogP contribution in [0.3, 0.4) is 0 Å². The highest BCUT2D eigenvalue weighted by molar-refractivity contribution is 5.84. The fourth-order valence-electron chi connectivity index (χ4n) is 1.07. The number of hydrogen-bond acceptors (Lipinski definition) is 11. The molecule has 0 aliphatic heterocycles. The van der Waals surface area contributed by atoms with Crippen LogP contribution >= 0.6 is 0 Å². The number of ketones is 1. The number of hydrogen-bond donors (Lipinski definition) is 10. The van der Waals surface area contributed by atoms with Gasteiger partial charge in [0.15, 0.2) is 5.78 Å². The highest BCUT2D eigenvalue weighted by Gasteiger charge is 2.28. The molecule has 22 heavy (non-hydrogen) atoms. The second-order valence-corrected chi connectivity index (χ2v) is 4.30. The molecule has 0 bridgehead atoms. The standard InChI is InChI=1S/C6H12O6.C5H12O5/c7-1-3(9)5(11)6(12)4(10)2-8;6-1-3(8)5(10)4(9)2-7/h3,5-9,11-12H,1-2H2;3-10H,1-2H2/t3-,5+,6+;3-,4+,5?/m1./s1. The van der Waals surface area contributed by atoms with Crippen molar-refractivity contribution in [3.8, 4) is 0 Å². The first-order chi connectivity index (χ1) is 10.2. The third kappa shape index (κ3) is 8.65. The summed E-state index contributed by atoms with van der Waals surface area (Å²) in [4.78, 5) is 10.5. The Kier molecular flexibility index (Phi) is 13.7. The maximum absolute atomic E-state index is 10.5. The van der Waals surface area contributed by atoms with Gasteiger partial charge >= 0.3 is 0 Å². The minimum absolute atomic E-state index is 0.641. The van der Waals surface area contributed by atoms with E-state index in [-0.39, 0.29) is 0 Å². The third-order valence-corrected chi connectivity index (χ3v) is 2.55. The average molecular weight is 332 g/mol. The van der Waals surface area contributed by atoms with Gasteiger partial charge in [0, 0.05) is 0 Å². The number of carbonyl (C=O) groups is 1. The lowest BCUT2D eigenvalue weighted by Gasteiger charge is -2.19. The molecule has 0 rings (SSSR count). The largest absolute Gasteiger partial charge is 0.394 e. The van der Waals surface area contributed by atoms with E-state index in [1.165, 1.54) is 0 Å². The summed E-state index contributed by atoms with van der Waals surface area (Å²) in [6.45, 7) is -2.97. The van der Waals surface area contributed by atoms with Crippen LogP contribution in [-0.4, -0.2) is 120 Å². The maximum Gasteiger partial charge on any atom is 0.189 e. The van der Waals surface area contributed by atoms with Crippen LogP contribution in [0.4, 0.5) is 0 Å². The van der Waals surface area contributed by atoms with Crippen LogP contribution in [0.25, 0.3) is 0 Å². The van der Waals surface area contributed by atoms with Gasteiger partial charge < -0.3 is 51.1 Å². The Hall–Kier alpha value is -0.730. The molecule has 11 heteroatoms. The molecule has 0 aromatic rings. The van der Waals surface area contributed by atoms with Crippen molar-refractivity contribution in [3.05, 3.63) is 0 Å². The average Bonchev–Trinajstić information content (AvgIpc) is 2.56. The van der Waals surface area contributed by atoms with Crippen molar-refractivity contribution in [1.29, 1.82) is 0 Å². The van der Waals surface area contributed by atoms with Crippen molar-refractivity contribution < 1.29 is 55.9 Å². The summed E-state index contributed by atoms with van der Waals surface area (Å²) in [5, 5.41) is 85.6. The first-order valence-electron chi connectivity index (χ1n) is 6.22. The van der Waals surface area contributed by atoms with Gasteiger partial charge in [0.05, 0.1) is 19.8 Å². The molecule has 0 saturated heterocycles. The van der Waals surface area contributed by atoms with Crippen LogP contribution in [0.2, 0.25) is 0 Å². The zero-order valence-corrected chi connectivity index (χ0v) is 11.7. The molecule has 6 atom stereocenters. The van der Waals surface area contributed by atoms with Gasteiger partial charge in [-0.25, -0.2) is 0 Å². The van der Waals surface area contributed by atoms with Crippen LogP contribution in [0.1, 0.15) is 0 Å². The molecule has 0 heterocycles. The normalized spacial score (nSPS) is 19.2. The van der Waals surface area contributed by atoms with Crippen molar-refractivity contribution in [2.75, 3.05) is 26.4 Å². The molecule has 0 spiro atoms. The van der Waals surface area contributed by atoms with Crippen molar-refractivity contribution >= 4 is 5.78 Å². The number of carbonyl (C=O) groups excluding carboxylic acids is 1. The third-order valence-electron chi connectivity index (χ3n) is 2.55. The molecule has 0 aromatic carbocycles. The van der Waals surface area contributed by atoms with Crippen molar-refractivity contribution in [3.63, 3.8) is 0 Å². The second-order valence-electron chi connectivity index (χ2n) is 4.30. The quantitative estimate of drug-likeness (QED) is 0.191. The SMILES string of the molecule is O=C(CO)[C@H](O)[C@@H](O)[C@H](O)CO.OC[C@@H](O)C(O)[C@@H](O)CO. The Morgan fingerprint density at radius 2 is 0.955 bits per heavy atom. The Morgan fingerprint density at radius 3 is 1.23 bits per heavy atom. The molecule has 0 aliphatic rings. The van der Waals surface area contributed by atoms with Crippen molar-refractivity contribution in [2.24, 2.45) is 0 Å². The van der Waals surface area contributed by atoms with Gasteiger partial charge in [-0.05, 0) is 0 Å². The number of aliphatic hydroxyl groups excluding tert-OH is 10. The predicted molar refractivity (Wildman–Crippen MR) is 69.4 cm³/mol. The Bertz CT molecular complexity index is 277. The first-order valence-corrected chi connectivity index (χ1v) is 6.22. The Balaban J connectivity index is 0. The fraction of sp³-hybridized carbons (Fsp3) is 0.909. The smallest absolute Gasteiger partial charge is 0.189 e. The van der Waals surface area contributed by atoms with E-state index in [0.29, 0.717) is 0 Å².